The van der Waals surface area contributed by atoms with Crippen LogP contribution in [-0.2, 0) is 6.54 Å². The third kappa shape index (κ3) is 3.70. The summed E-state index contributed by atoms with van der Waals surface area (Å²) in [7, 11) is 0. The topological polar surface area (TPSA) is 29.3 Å². The molecule has 17 heavy (non-hydrogen) atoms. The minimum atomic E-state index is -0.220. The van der Waals surface area contributed by atoms with Crippen molar-refractivity contribution >= 4 is 5.69 Å². The number of halogens is 1. The maximum Gasteiger partial charge on any atom is 0.123 e. The summed E-state index contributed by atoms with van der Waals surface area (Å²) in [6, 6.07) is 5.25. The van der Waals surface area contributed by atoms with Crippen LogP contribution in [-0.4, -0.2) is 12.6 Å². The predicted octanol–water partition coefficient (Wildman–Crippen LogP) is 3.16. The second-order valence-corrected chi connectivity index (χ2v) is 5.12. The summed E-state index contributed by atoms with van der Waals surface area (Å²) in [4.78, 5) is 2.28. The Morgan fingerprint density at radius 2 is 1.88 bits per heavy atom. The molecule has 3 heteroatoms. The summed E-state index contributed by atoms with van der Waals surface area (Å²) >= 11 is 0. The molecule has 0 heterocycles. The Morgan fingerprint density at radius 1 is 1.24 bits per heavy atom. The normalized spacial score (nSPS) is 11.3. The molecular weight excluding hydrogens is 215 g/mol. The first-order valence-electron chi connectivity index (χ1n) is 6.20. The molecule has 0 radical (unpaired) electrons. The molecule has 0 aliphatic carbocycles. The number of benzene rings is 1. The smallest absolute Gasteiger partial charge is 0.123 e. The lowest BCUT2D eigenvalue weighted by Gasteiger charge is -2.32. The first-order valence-corrected chi connectivity index (χ1v) is 6.20. The zero-order chi connectivity index (χ0) is 13.0. The zero-order valence-corrected chi connectivity index (χ0v) is 11.2. The molecule has 2 nitrogen and oxygen atoms in total. The van der Waals surface area contributed by atoms with Gasteiger partial charge in [0.25, 0.3) is 0 Å². The van der Waals surface area contributed by atoms with Crippen LogP contribution in [0.2, 0.25) is 0 Å². The number of hydrogen-bond donors (Lipinski definition) is 1. The SMILES string of the molecule is CC(C)CN(c1ccc(F)cc1CN)C(C)C. The van der Waals surface area contributed by atoms with Gasteiger partial charge in [-0.05, 0) is 43.5 Å². The van der Waals surface area contributed by atoms with Gasteiger partial charge in [0.2, 0.25) is 0 Å². The molecule has 0 unspecified atom stereocenters. The first-order chi connectivity index (χ1) is 7.95. The standard InChI is InChI=1S/C14H23FN2/c1-10(2)9-17(11(3)4)14-6-5-13(15)7-12(14)8-16/h5-7,10-11H,8-9,16H2,1-4H3. The van der Waals surface area contributed by atoms with Crippen LogP contribution in [0.15, 0.2) is 18.2 Å². The number of hydrogen-bond acceptors (Lipinski definition) is 2. The Morgan fingerprint density at radius 3 is 2.35 bits per heavy atom. The fourth-order valence-corrected chi connectivity index (χ4v) is 1.98. The third-order valence-electron chi connectivity index (χ3n) is 2.76. The van der Waals surface area contributed by atoms with Crippen molar-refractivity contribution in [2.24, 2.45) is 11.7 Å². The molecule has 0 saturated carbocycles. The maximum atomic E-state index is 13.2. The van der Waals surface area contributed by atoms with Crippen LogP contribution >= 0.6 is 0 Å². The van der Waals surface area contributed by atoms with Gasteiger partial charge in [0.05, 0.1) is 0 Å². The van der Waals surface area contributed by atoms with E-state index in [0.717, 1.165) is 17.8 Å². The van der Waals surface area contributed by atoms with E-state index in [1.807, 2.05) is 6.07 Å². The van der Waals surface area contributed by atoms with Gasteiger partial charge in [0.15, 0.2) is 0 Å². The molecule has 0 aliphatic rings. The van der Waals surface area contributed by atoms with Gasteiger partial charge in [0, 0.05) is 24.8 Å². The van der Waals surface area contributed by atoms with Gasteiger partial charge in [-0.25, -0.2) is 4.39 Å². The van der Waals surface area contributed by atoms with Crippen molar-refractivity contribution in [2.75, 3.05) is 11.4 Å². The van der Waals surface area contributed by atoms with Crippen molar-refractivity contribution in [3.05, 3.63) is 29.6 Å². The van der Waals surface area contributed by atoms with Gasteiger partial charge in [-0.2, -0.15) is 0 Å². The van der Waals surface area contributed by atoms with E-state index in [0.29, 0.717) is 18.5 Å². The first kappa shape index (κ1) is 14.0. The van der Waals surface area contributed by atoms with E-state index in [-0.39, 0.29) is 5.82 Å². The molecule has 0 aliphatic heterocycles. The van der Waals surface area contributed by atoms with Crippen molar-refractivity contribution in [3.8, 4) is 0 Å². The lowest BCUT2D eigenvalue weighted by molar-refractivity contribution is 0.567. The molecule has 0 bridgehead atoms. The van der Waals surface area contributed by atoms with Crippen LogP contribution in [0.3, 0.4) is 0 Å². The van der Waals surface area contributed by atoms with Gasteiger partial charge in [-0.1, -0.05) is 13.8 Å². The number of rotatable bonds is 5. The highest BCUT2D eigenvalue weighted by Gasteiger charge is 2.15. The maximum absolute atomic E-state index is 13.2. The lowest BCUT2D eigenvalue weighted by Crippen LogP contribution is -2.35. The van der Waals surface area contributed by atoms with Gasteiger partial charge in [-0.3, -0.25) is 0 Å². The molecule has 0 atom stereocenters. The van der Waals surface area contributed by atoms with Crippen molar-refractivity contribution in [3.63, 3.8) is 0 Å². The Bertz CT molecular complexity index is 361. The summed E-state index contributed by atoms with van der Waals surface area (Å²) in [5.41, 5.74) is 7.62. The highest BCUT2D eigenvalue weighted by Crippen LogP contribution is 2.24. The van der Waals surface area contributed by atoms with E-state index in [1.54, 1.807) is 0 Å². The summed E-state index contributed by atoms with van der Waals surface area (Å²) in [6.45, 7) is 9.98. The zero-order valence-electron chi connectivity index (χ0n) is 11.2. The molecule has 2 N–H and O–H groups in total. The Kier molecular flexibility index (Phi) is 4.94. The predicted molar refractivity (Wildman–Crippen MR) is 71.6 cm³/mol. The van der Waals surface area contributed by atoms with Crippen LogP contribution in [0.4, 0.5) is 10.1 Å². The van der Waals surface area contributed by atoms with Gasteiger partial charge in [0.1, 0.15) is 5.82 Å². The van der Waals surface area contributed by atoms with Crippen LogP contribution in [0.5, 0.6) is 0 Å². The van der Waals surface area contributed by atoms with Crippen molar-refractivity contribution in [2.45, 2.75) is 40.3 Å². The van der Waals surface area contributed by atoms with Gasteiger partial charge < -0.3 is 10.6 Å². The van der Waals surface area contributed by atoms with Gasteiger partial charge >= 0.3 is 0 Å². The van der Waals surface area contributed by atoms with E-state index in [1.165, 1.54) is 12.1 Å². The fraction of sp³-hybridized carbons (Fsp3) is 0.571. The van der Waals surface area contributed by atoms with Crippen molar-refractivity contribution in [1.29, 1.82) is 0 Å². The summed E-state index contributed by atoms with van der Waals surface area (Å²) in [6.07, 6.45) is 0. The molecule has 96 valence electrons. The second kappa shape index (κ2) is 6.01. The molecule has 0 aromatic heterocycles. The molecule has 0 amide bonds. The van der Waals surface area contributed by atoms with Crippen molar-refractivity contribution < 1.29 is 4.39 Å². The molecule has 0 fully saturated rings. The Hall–Kier alpha value is -1.09. The average molecular weight is 238 g/mol. The molecule has 0 spiro atoms. The molecule has 1 aromatic carbocycles. The van der Waals surface area contributed by atoms with Crippen LogP contribution < -0.4 is 10.6 Å². The van der Waals surface area contributed by atoms with E-state index < -0.39 is 0 Å². The van der Waals surface area contributed by atoms with Crippen LogP contribution in [0.25, 0.3) is 0 Å². The number of nitrogens with zero attached hydrogens (tertiary/aromatic N) is 1. The van der Waals surface area contributed by atoms with Gasteiger partial charge in [-0.15, -0.1) is 0 Å². The number of nitrogens with two attached hydrogens (primary N) is 1. The molecule has 1 rings (SSSR count). The van der Waals surface area contributed by atoms with Crippen LogP contribution in [0.1, 0.15) is 33.3 Å². The fourth-order valence-electron chi connectivity index (χ4n) is 1.98. The molecule has 1 aromatic rings. The largest absolute Gasteiger partial charge is 0.369 e. The van der Waals surface area contributed by atoms with E-state index in [2.05, 4.69) is 32.6 Å². The summed E-state index contributed by atoms with van der Waals surface area (Å²) < 4.78 is 13.2. The van der Waals surface area contributed by atoms with Crippen molar-refractivity contribution in [1.82, 2.24) is 0 Å². The van der Waals surface area contributed by atoms with E-state index in [4.69, 9.17) is 5.73 Å². The summed E-state index contributed by atoms with van der Waals surface area (Å²) in [5, 5.41) is 0. The minimum Gasteiger partial charge on any atom is -0.369 e. The Labute approximate surface area is 104 Å². The highest BCUT2D eigenvalue weighted by atomic mass is 19.1. The number of anilines is 1. The molecule has 0 saturated heterocycles. The quantitative estimate of drug-likeness (QED) is 0.853. The monoisotopic (exact) mass is 238 g/mol. The van der Waals surface area contributed by atoms with Crippen LogP contribution in [0, 0.1) is 11.7 Å². The highest BCUT2D eigenvalue weighted by molar-refractivity contribution is 5.54. The lowest BCUT2D eigenvalue weighted by atomic mass is 10.1. The Balaban J connectivity index is 3.08. The minimum absolute atomic E-state index is 0.220. The van der Waals surface area contributed by atoms with E-state index >= 15 is 0 Å². The molecular formula is C14H23FN2. The summed E-state index contributed by atoms with van der Waals surface area (Å²) in [5.74, 6) is 0.343. The third-order valence-corrected chi connectivity index (χ3v) is 2.76. The average Bonchev–Trinajstić information content (AvgIpc) is 2.25. The van der Waals surface area contributed by atoms with E-state index in [9.17, 15) is 4.39 Å². The second-order valence-electron chi connectivity index (χ2n) is 5.12.